The maximum Gasteiger partial charge on any atom is 0.0474 e. The largest absolute Gasteiger partial charge is 0.310 e. The molecule has 0 N–H and O–H groups in total. The molecule has 0 radical (unpaired) electrons. The quantitative estimate of drug-likeness (QED) is 0.114. The van der Waals surface area contributed by atoms with Gasteiger partial charge >= 0.3 is 0 Å². The van der Waals surface area contributed by atoms with Crippen LogP contribution in [0.15, 0.2) is 358 Å². The zero-order valence-corrected chi connectivity index (χ0v) is 91.0. The van der Waals surface area contributed by atoms with Gasteiger partial charge in [-0.25, -0.2) is 0 Å². The van der Waals surface area contributed by atoms with Crippen LogP contribution in [0.3, 0.4) is 0 Å². The summed E-state index contributed by atoms with van der Waals surface area (Å²) in [4.78, 5) is 4.94. The number of hydrogen-bond donors (Lipinski definition) is 0. The van der Waals surface area contributed by atoms with E-state index >= 15 is 0 Å². The lowest BCUT2D eigenvalue weighted by Gasteiger charge is -2.33. The van der Waals surface area contributed by atoms with Gasteiger partial charge in [-0.05, 0) is 347 Å². The molecule has 17 aromatic rings. The molecule has 2 nitrogen and oxygen atoms in total. The van der Waals surface area contributed by atoms with Crippen molar-refractivity contribution < 1.29 is 0 Å². The van der Waals surface area contributed by atoms with Crippen molar-refractivity contribution in [3.63, 3.8) is 0 Å². The molecule has 0 atom stereocenters. The summed E-state index contributed by atoms with van der Waals surface area (Å²) in [5, 5.41) is 0. The van der Waals surface area contributed by atoms with Gasteiger partial charge in [0.2, 0.25) is 0 Å². The lowest BCUT2D eigenvalue weighted by Crippen LogP contribution is -2.19. The van der Waals surface area contributed by atoms with Gasteiger partial charge in [-0.3, -0.25) is 0 Å². The Hall–Kier alpha value is -13.7. The molecule has 0 heterocycles. The standard InChI is InChI=1S/C72H71N.C70H75N/c1-68(2,3)54-27-19-47(20-28-54)49-23-33-58(34-24-49)73(57-31-21-48(22-32-57)46-17-15-14-16-18-46)59-40-52(50-25-35-60-62-37-29-55(69(4,5)6)44-66(62)71(10,11)64(60)42-50)39-53(41-59)51-26-36-61-63-38-30-56(70(7,8)9)45-67(63)72(12,13)65(61)43-51;1-65(2,3)48-26-32-52(33-27-48)71(51-30-22-45(23-31-51)44-20-18-17-19-21-44)53-42-58(46-24-34-54-56-36-28-49(66(4,5)6)40-62(56)69(13,14)60(54)38-46)64(68(10,11)12)59(43-53)47-25-35-55-57-37-29-50(67(7,8)9)41-63(57)70(15,16)61(55)39-47/h14-45H,1-13H3;17-43H,1-16H3. The van der Waals surface area contributed by atoms with Gasteiger partial charge in [-0.15, -0.1) is 0 Å². The highest BCUT2D eigenvalue weighted by molar-refractivity contribution is 5.96. The van der Waals surface area contributed by atoms with E-state index in [0.29, 0.717) is 0 Å². The average molecular weight is 1880 g/mol. The summed E-state index contributed by atoms with van der Waals surface area (Å²) in [5.41, 5.74) is 54.8. The fraction of sp³-hybridized carbons (Fsp3) is 0.282. The summed E-state index contributed by atoms with van der Waals surface area (Å²) in [5.74, 6) is 0. The van der Waals surface area contributed by atoms with Gasteiger partial charge in [-0.1, -0.05) is 456 Å². The monoisotopic (exact) mass is 1880 g/mol. The molecule has 0 aromatic heterocycles. The van der Waals surface area contributed by atoms with Crippen LogP contribution >= 0.6 is 0 Å². The van der Waals surface area contributed by atoms with E-state index < -0.39 is 0 Å². The van der Waals surface area contributed by atoms with Crippen molar-refractivity contribution in [3.05, 3.63) is 441 Å². The van der Waals surface area contributed by atoms with Crippen LogP contribution in [0.4, 0.5) is 34.1 Å². The van der Waals surface area contributed by atoms with Crippen molar-refractivity contribution in [2.75, 3.05) is 9.80 Å². The topological polar surface area (TPSA) is 6.48 Å². The number of benzene rings is 17. The molecule has 0 amide bonds. The van der Waals surface area contributed by atoms with Gasteiger partial charge < -0.3 is 9.80 Å². The van der Waals surface area contributed by atoms with Crippen LogP contribution in [0.25, 0.3) is 122 Å². The number of nitrogens with zero attached hydrogens (tertiary/aromatic N) is 2. The molecule has 724 valence electrons. The molecule has 21 rings (SSSR count). The Morgan fingerprint density at radius 3 is 0.590 bits per heavy atom. The fourth-order valence-electron chi connectivity index (χ4n) is 23.4. The van der Waals surface area contributed by atoms with E-state index in [4.69, 9.17) is 0 Å². The van der Waals surface area contributed by atoms with E-state index in [-0.39, 0.29) is 59.6 Å². The predicted molar refractivity (Wildman–Crippen MR) is 621 cm³/mol. The summed E-state index contributed by atoms with van der Waals surface area (Å²) in [6.45, 7) is 68.1. The molecule has 4 aliphatic carbocycles. The van der Waals surface area contributed by atoms with Crippen molar-refractivity contribution >= 4 is 34.1 Å². The second kappa shape index (κ2) is 35.1. The van der Waals surface area contributed by atoms with E-state index in [1.807, 2.05) is 0 Å². The first-order chi connectivity index (χ1) is 67.8. The lowest BCUT2D eigenvalue weighted by molar-refractivity contribution is 0.584. The summed E-state index contributed by atoms with van der Waals surface area (Å²) in [6.07, 6.45) is 0. The van der Waals surface area contributed by atoms with Crippen molar-refractivity contribution in [1.82, 2.24) is 0 Å². The van der Waals surface area contributed by atoms with Gasteiger partial charge in [0, 0.05) is 55.8 Å². The van der Waals surface area contributed by atoms with Crippen molar-refractivity contribution in [3.8, 4) is 122 Å². The number of rotatable bonds is 13. The third kappa shape index (κ3) is 17.8. The molecule has 0 bridgehead atoms. The van der Waals surface area contributed by atoms with E-state index in [0.717, 1.165) is 34.1 Å². The third-order valence-corrected chi connectivity index (χ3v) is 32.4. The van der Waals surface area contributed by atoms with Crippen LogP contribution in [0.5, 0.6) is 0 Å². The Bertz CT molecular complexity index is 7560. The van der Waals surface area contributed by atoms with Crippen molar-refractivity contribution in [1.29, 1.82) is 0 Å². The summed E-state index contributed by atoms with van der Waals surface area (Å²) >= 11 is 0. The Balaban J connectivity index is 0.000000176. The van der Waals surface area contributed by atoms with E-state index in [9.17, 15) is 0 Å². The SMILES string of the molecule is CC(C)(C)c1ccc(-c2ccc(N(c3ccc(-c4ccccc4)cc3)c3cc(-c4ccc5c(c4)C(C)(C)c4cc(C(C)(C)C)ccc4-5)cc(-c4ccc5c(c4)C(C)(C)c4cc(C(C)(C)C)ccc4-5)c3)cc2)cc1.CC(C)(C)c1ccc(N(c2ccc(-c3ccccc3)cc2)c2cc(-c3ccc4c(c3)C(C)(C)c3cc(C(C)(C)C)ccc3-4)c(C(C)(C)C)c(-c3ccc4c(c3)C(C)(C)c3cc(C(C)(C)C)ccc3-4)c2)cc1. The van der Waals surface area contributed by atoms with Gasteiger partial charge in [-0.2, -0.15) is 0 Å². The van der Waals surface area contributed by atoms with Gasteiger partial charge in [0.25, 0.3) is 0 Å². The Labute approximate surface area is 861 Å². The minimum atomic E-state index is -0.210. The zero-order chi connectivity index (χ0) is 102. The molecule has 0 aliphatic heterocycles. The first kappa shape index (κ1) is 97.8. The smallest absolute Gasteiger partial charge is 0.0474 e. The Morgan fingerprint density at radius 2 is 0.333 bits per heavy atom. The zero-order valence-electron chi connectivity index (χ0n) is 91.0. The van der Waals surface area contributed by atoms with Crippen LogP contribution in [0, 0.1) is 0 Å². The average Bonchev–Trinajstić information content (AvgIpc) is 1.49. The first-order valence-corrected chi connectivity index (χ1v) is 52.6. The van der Waals surface area contributed by atoms with Gasteiger partial charge in [0.05, 0.1) is 0 Å². The van der Waals surface area contributed by atoms with Crippen LogP contribution in [-0.2, 0) is 59.6 Å². The molecule has 4 aliphatic rings. The minimum Gasteiger partial charge on any atom is -0.310 e. The van der Waals surface area contributed by atoms with Crippen LogP contribution < -0.4 is 9.80 Å². The number of hydrogen-bond acceptors (Lipinski definition) is 2. The number of fused-ring (bicyclic) bond motifs is 12. The minimum absolute atomic E-state index is 0.0278. The Kier molecular flexibility index (Phi) is 23.8. The van der Waals surface area contributed by atoms with Crippen molar-refractivity contribution in [2.24, 2.45) is 0 Å². The highest BCUT2D eigenvalue weighted by Crippen LogP contribution is 2.59. The molecule has 144 heavy (non-hydrogen) atoms. The van der Waals surface area contributed by atoms with Gasteiger partial charge in [0.15, 0.2) is 0 Å². The molecule has 0 unspecified atom stereocenters. The van der Waals surface area contributed by atoms with E-state index in [1.165, 1.54) is 206 Å². The molecule has 0 saturated carbocycles. The molecule has 17 aromatic carbocycles. The van der Waals surface area contributed by atoms with Crippen molar-refractivity contribution in [2.45, 2.75) is 260 Å². The highest BCUT2D eigenvalue weighted by Gasteiger charge is 2.43. The first-order valence-electron chi connectivity index (χ1n) is 52.6. The molecular weight excluding hydrogens is 1730 g/mol. The normalized spacial score (nSPS) is 14.5. The third-order valence-electron chi connectivity index (χ3n) is 32.4. The fourth-order valence-corrected chi connectivity index (χ4v) is 23.4. The maximum atomic E-state index is 2.54. The molecule has 0 spiro atoms. The van der Waals surface area contributed by atoms with Crippen LogP contribution in [0.2, 0.25) is 0 Å². The van der Waals surface area contributed by atoms with E-state index in [2.05, 4.69) is 569 Å². The summed E-state index contributed by atoms with van der Waals surface area (Å²) in [6, 6.07) is 138. The molecule has 0 saturated heterocycles. The van der Waals surface area contributed by atoms with Gasteiger partial charge in [0.1, 0.15) is 0 Å². The Morgan fingerprint density at radius 1 is 0.139 bits per heavy atom. The highest BCUT2D eigenvalue weighted by atomic mass is 15.1. The second-order valence-electron chi connectivity index (χ2n) is 51.2. The summed E-state index contributed by atoms with van der Waals surface area (Å²) in [7, 11) is 0. The maximum absolute atomic E-state index is 2.54. The second-order valence-corrected chi connectivity index (χ2v) is 51.2. The predicted octanol–water partition coefficient (Wildman–Crippen LogP) is 40.3. The van der Waals surface area contributed by atoms with Crippen LogP contribution in [0.1, 0.15) is 284 Å². The van der Waals surface area contributed by atoms with Crippen LogP contribution in [-0.4, -0.2) is 0 Å². The lowest BCUT2D eigenvalue weighted by atomic mass is 9.75. The summed E-state index contributed by atoms with van der Waals surface area (Å²) < 4.78 is 0. The number of anilines is 6. The van der Waals surface area contributed by atoms with E-state index in [1.54, 1.807) is 0 Å². The molecule has 2 heteroatoms. The molecule has 0 fully saturated rings. The molecular formula is C142H146N2.